The van der Waals surface area contributed by atoms with Crippen LogP contribution in [0, 0.1) is 5.92 Å². The van der Waals surface area contributed by atoms with Crippen LogP contribution in [0.5, 0.6) is 5.75 Å². The molecule has 0 radical (unpaired) electrons. The Morgan fingerprint density at radius 2 is 1.77 bits per heavy atom. The monoisotopic (exact) mass is 371 g/mol. The molecule has 2 aliphatic heterocycles. The summed E-state index contributed by atoms with van der Waals surface area (Å²) in [5.74, 6) is 0.769. The number of carbonyl (C=O) groups excluding carboxylic acids is 1. The number of Topliss-reactive ketones (excluding diaryl/α,β-unsaturated/α-hetero) is 1. The third kappa shape index (κ3) is 3.15. The van der Waals surface area contributed by atoms with Gasteiger partial charge in [-0.15, -0.1) is 0 Å². The van der Waals surface area contributed by atoms with Gasteiger partial charge in [-0.05, 0) is 36.6 Å². The van der Waals surface area contributed by atoms with E-state index in [1.807, 2.05) is 30.3 Å². The molecule has 0 amide bonds. The molecule has 26 heavy (non-hydrogen) atoms. The fourth-order valence-electron chi connectivity index (χ4n) is 3.67. The number of hydrogen-bond donors (Lipinski definition) is 0. The van der Waals surface area contributed by atoms with Gasteiger partial charge in [-0.1, -0.05) is 30.3 Å². The number of piperidine rings is 1. The van der Waals surface area contributed by atoms with Gasteiger partial charge in [0.2, 0.25) is 10.0 Å². The van der Waals surface area contributed by atoms with Crippen molar-refractivity contribution >= 4 is 15.8 Å². The Balaban J connectivity index is 1.46. The topological polar surface area (TPSA) is 63.7 Å². The fourth-order valence-corrected chi connectivity index (χ4v) is 5.19. The predicted octanol–water partition coefficient (Wildman–Crippen LogP) is 2.91. The van der Waals surface area contributed by atoms with Gasteiger partial charge in [0.05, 0.1) is 11.5 Å². The van der Waals surface area contributed by atoms with E-state index in [-0.39, 0.29) is 11.7 Å². The maximum absolute atomic E-state index is 12.9. The van der Waals surface area contributed by atoms with Gasteiger partial charge in [0.1, 0.15) is 5.75 Å². The number of ketones is 1. The van der Waals surface area contributed by atoms with Crippen molar-refractivity contribution in [3.8, 4) is 5.75 Å². The van der Waals surface area contributed by atoms with Crippen LogP contribution in [-0.4, -0.2) is 38.2 Å². The maximum atomic E-state index is 12.9. The smallest absolute Gasteiger partial charge is 0.243 e. The first-order valence-corrected chi connectivity index (χ1v) is 10.3. The van der Waals surface area contributed by atoms with Crippen molar-refractivity contribution in [1.29, 1.82) is 0 Å². The molecule has 4 rings (SSSR count). The summed E-state index contributed by atoms with van der Waals surface area (Å²) >= 11 is 0. The third-order valence-electron chi connectivity index (χ3n) is 5.18. The SMILES string of the molecule is O=C(c1ccccc1)C1CCN(S(=O)(=O)c2ccc3c(c2)CCO3)CC1. The predicted molar refractivity (Wildman–Crippen MR) is 97.9 cm³/mol. The van der Waals surface area contributed by atoms with E-state index in [0.717, 1.165) is 17.7 Å². The molecule has 0 N–H and O–H groups in total. The van der Waals surface area contributed by atoms with Gasteiger partial charge < -0.3 is 4.74 Å². The first kappa shape index (κ1) is 17.2. The second-order valence-electron chi connectivity index (χ2n) is 6.78. The minimum atomic E-state index is -3.53. The van der Waals surface area contributed by atoms with Crippen molar-refractivity contribution in [2.24, 2.45) is 5.92 Å². The summed E-state index contributed by atoms with van der Waals surface area (Å²) in [6.07, 6.45) is 1.86. The van der Waals surface area contributed by atoms with Crippen molar-refractivity contribution in [3.05, 3.63) is 59.7 Å². The van der Waals surface area contributed by atoms with Gasteiger partial charge in [0.15, 0.2) is 5.78 Å². The van der Waals surface area contributed by atoms with Crippen LogP contribution in [0.2, 0.25) is 0 Å². The minimum absolute atomic E-state index is 0.109. The first-order valence-electron chi connectivity index (χ1n) is 8.91. The van der Waals surface area contributed by atoms with E-state index >= 15 is 0 Å². The molecule has 2 aromatic carbocycles. The number of rotatable bonds is 4. The molecule has 0 aromatic heterocycles. The second-order valence-corrected chi connectivity index (χ2v) is 8.71. The molecule has 2 heterocycles. The number of hydrogen-bond acceptors (Lipinski definition) is 4. The van der Waals surface area contributed by atoms with E-state index in [1.54, 1.807) is 18.2 Å². The standard InChI is InChI=1S/C20H21NO4S/c22-20(15-4-2-1-3-5-15)16-8-11-21(12-9-16)26(23,24)18-6-7-19-17(14-18)10-13-25-19/h1-7,14,16H,8-13H2. The van der Waals surface area contributed by atoms with Gasteiger partial charge in [0, 0.05) is 31.0 Å². The maximum Gasteiger partial charge on any atom is 0.243 e. The fraction of sp³-hybridized carbons (Fsp3) is 0.350. The van der Waals surface area contributed by atoms with Crippen LogP contribution in [0.15, 0.2) is 53.4 Å². The van der Waals surface area contributed by atoms with Crippen LogP contribution in [0.3, 0.4) is 0 Å². The lowest BCUT2D eigenvalue weighted by atomic mass is 9.90. The number of benzene rings is 2. The van der Waals surface area contributed by atoms with Gasteiger partial charge in [-0.25, -0.2) is 8.42 Å². The molecule has 6 heteroatoms. The molecule has 0 atom stereocenters. The van der Waals surface area contributed by atoms with E-state index in [0.29, 0.717) is 43.0 Å². The lowest BCUT2D eigenvalue weighted by Gasteiger charge is -2.30. The highest BCUT2D eigenvalue weighted by atomic mass is 32.2. The summed E-state index contributed by atoms with van der Waals surface area (Å²) in [5, 5.41) is 0. The molecular formula is C20H21NO4S. The number of carbonyl (C=O) groups is 1. The Hall–Kier alpha value is -2.18. The molecule has 1 fully saturated rings. The van der Waals surface area contributed by atoms with Crippen molar-refractivity contribution in [2.75, 3.05) is 19.7 Å². The number of ether oxygens (including phenoxy) is 1. The van der Waals surface area contributed by atoms with E-state index in [9.17, 15) is 13.2 Å². The molecule has 0 saturated carbocycles. The summed E-state index contributed by atoms with van der Waals surface area (Å²) in [5.41, 5.74) is 1.65. The molecule has 5 nitrogen and oxygen atoms in total. The quantitative estimate of drug-likeness (QED) is 0.775. The summed E-state index contributed by atoms with van der Waals surface area (Å²) in [6.45, 7) is 1.35. The zero-order valence-corrected chi connectivity index (χ0v) is 15.2. The number of sulfonamides is 1. The molecule has 136 valence electrons. The van der Waals surface area contributed by atoms with Crippen molar-refractivity contribution < 1.29 is 17.9 Å². The zero-order chi connectivity index (χ0) is 18.1. The van der Waals surface area contributed by atoms with Gasteiger partial charge in [-0.3, -0.25) is 4.79 Å². The van der Waals surface area contributed by atoms with Crippen LogP contribution in [0.4, 0.5) is 0 Å². The van der Waals surface area contributed by atoms with Crippen LogP contribution in [0.1, 0.15) is 28.8 Å². The Morgan fingerprint density at radius 3 is 2.50 bits per heavy atom. The highest BCUT2D eigenvalue weighted by molar-refractivity contribution is 7.89. The van der Waals surface area contributed by atoms with E-state index in [2.05, 4.69) is 0 Å². The molecule has 1 saturated heterocycles. The Bertz CT molecular complexity index is 916. The summed E-state index contributed by atoms with van der Waals surface area (Å²) in [6, 6.07) is 14.3. The highest BCUT2D eigenvalue weighted by Gasteiger charge is 2.33. The van der Waals surface area contributed by atoms with Gasteiger partial charge in [-0.2, -0.15) is 4.31 Å². The van der Waals surface area contributed by atoms with Crippen molar-refractivity contribution in [2.45, 2.75) is 24.2 Å². The Kier molecular flexibility index (Phi) is 4.54. The van der Waals surface area contributed by atoms with E-state index < -0.39 is 10.0 Å². The van der Waals surface area contributed by atoms with Crippen LogP contribution in [-0.2, 0) is 16.4 Å². The Morgan fingerprint density at radius 1 is 1.04 bits per heavy atom. The lowest BCUT2D eigenvalue weighted by Crippen LogP contribution is -2.40. The molecule has 0 unspecified atom stereocenters. The molecule has 2 aliphatic rings. The van der Waals surface area contributed by atoms with Crippen LogP contribution < -0.4 is 4.74 Å². The van der Waals surface area contributed by atoms with E-state index in [4.69, 9.17) is 4.74 Å². The molecule has 0 spiro atoms. The average Bonchev–Trinajstić information content (AvgIpc) is 3.16. The lowest BCUT2D eigenvalue weighted by molar-refractivity contribution is 0.0875. The van der Waals surface area contributed by atoms with Crippen LogP contribution >= 0.6 is 0 Å². The van der Waals surface area contributed by atoms with Gasteiger partial charge >= 0.3 is 0 Å². The largest absolute Gasteiger partial charge is 0.493 e. The molecular weight excluding hydrogens is 350 g/mol. The number of nitrogens with zero attached hydrogens (tertiary/aromatic N) is 1. The third-order valence-corrected chi connectivity index (χ3v) is 7.08. The van der Waals surface area contributed by atoms with E-state index in [1.165, 1.54) is 4.31 Å². The Labute approximate surface area is 153 Å². The summed E-state index contributed by atoms with van der Waals surface area (Å²) in [4.78, 5) is 12.9. The summed E-state index contributed by atoms with van der Waals surface area (Å²) < 4.78 is 32.8. The second kappa shape index (κ2) is 6.85. The van der Waals surface area contributed by atoms with Crippen molar-refractivity contribution in [1.82, 2.24) is 4.31 Å². The molecule has 0 bridgehead atoms. The first-order chi connectivity index (χ1) is 12.6. The highest BCUT2D eigenvalue weighted by Crippen LogP contribution is 2.31. The average molecular weight is 371 g/mol. The number of fused-ring (bicyclic) bond motifs is 1. The minimum Gasteiger partial charge on any atom is -0.493 e. The normalized spacial score (nSPS) is 18.3. The zero-order valence-electron chi connectivity index (χ0n) is 14.4. The molecule has 0 aliphatic carbocycles. The summed E-state index contributed by atoms with van der Waals surface area (Å²) in [7, 11) is -3.53. The van der Waals surface area contributed by atoms with Gasteiger partial charge in [0.25, 0.3) is 0 Å². The molecule has 2 aromatic rings. The van der Waals surface area contributed by atoms with Crippen molar-refractivity contribution in [3.63, 3.8) is 0 Å². The van der Waals surface area contributed by atoms with Crippen LogP contribution in [0.25, 0.3) is 0 Å².